The molecule has 0 atom stereocenters. The van der Waals surface area contributed by atoms with Gasteiger partial charge in [0.05, 0.1) is 5.56 Å². The molecule has 0 heterocycles. The van der Waals surface area contributed by atoms with Crippen molar-refractivity contribution in [1.29, 1.82) is 0 Å². The minimum atomic E-state index is -0.437. The first-order valence-electron chi connectivity index (χ1n) is 5.97. The number of benzene rings is 1. The number of alkyl halides is 1. The predicted molar refractivity (Wildman–Crippen MR) is 75.7 cm³/mol. The van der Waals surface area contributed by atoms with Gasteiger partial charge in [0.1, 0.15) is 5.82 Å². The highest BCUT2D eigenvalue weighted by Crippen LogP contribution is 2.20. The SMILES string of the molecule is Cc1cccc(C(=O)NCC(C)(C)CCBr)c1F. The van der Waals surface area contributed by atoms with E-state index in [0.717, 1.165) is 11.8 Å². The molecule has 4 heteroatoms. The first-order chi connectivity index (χ1) is 8.37. The van der Waals surface area contributed by atoms with Gasteiger partial charge in [0.15, 0.2) is 0 Å². The monoisotopic (exact) mass is 315 g/mol. The molecule has 18 heavy (non-hydrogen) atoms. The maximum atomic E-state index is 13.8. The third kappa shape index (κ3) is 4.09. The van der Waals surface area contributed by atoms with Gasteiger partial charge < -0.3 is 5.32 Å². The summed E-state index contributed by atoms with van der Waals surface area (Å²) in [7, 11) is 0. The number of carbonyl (C=O) groups is 1. The summed E-state index contributed by atoms with van der Waals surface area (Å²) in [6.07, 6.45) is 0.948. The molecule has 0 spiro atoms. The first kappa shape index (κ1) is 15.2. The Kier molecular flexibility index (Phi) is 5.32. The summed E-state index contributed by atoms with van der Waals surface area (Å²) in [5, 5.41) is 3.68. The molecule has 1 aromatic rings. The normalized spacial score (nSPS) is 11.4. The molecule has 2 nitrogen and oxygen atoms in total. The molecule has 0 aromatic heterocycles. The molecule has 0 saturated heterocycles. The van der Waals surface area contributed by atoms with Crippen LogP contribution in [0.3, 0.4) is 0 Å². The second-order valence-corrected chi connectivity index (χ2v) is 6.02. The fourth-order valence-corrected chi connectivity index (χ4v) is 2.66. The summed E-state index contributed by atoms with van der Waals surface area (Å²) in [6.45, 7) is 6.33. The van der Waals surface area contributed by atoms with Gasteiger partial charge in [0.25, 0.3) is 5.91 Å². The molecule has 1 amide bonds. The third-order valence-corrected chi connectivity index (χ3v) is 3.33. The van der Waals surface area contributed by atoms with E-state index in [1.165, 1.54) is 6.07 Å². The lowest BCUT2D eigenvalue weighted by Gasteiger charge is -2.24. The largest absolute Gasteiger partial charge is 0.351 e. The lowest BCUT2D eigenvalue weighted by atomic mass is 9.90. The van der Waals surface area contributed by atoms with Gasteiger partial charge in [-0.1, -0.05) is 41.9 Å². The van der Waals surface area contributed by atoms with E-state index < -0.39 is 5.82 Å². The lowest BCUT2D eigenvalue weighted by Crippen LogP contribution is -2.34. The van der Waals surface area contributed by atoms with Gasteiger partial charge >= 0.3 is 0 Å². The number of nitrogens with one attached hydrogen (secondary N) is 1. The minimum absolute atomic E-state index is 0.000535. The zero-order valence-electron chi connectivity index (χ0n) is 11.0. The Morgan fingerprint density at radius 1 is 1.44 bits per heavy atom. The minimum Gasteiger partial charge on any atom is -0.351 e. The Balaban J connectivity index is 2.69. The molecule has 0 bridgehead atoms. The van der Waals surface area contributed by atoms with Crippen molar-refractivity contribution >= 4 is 21.8 Å². The van der Waals surface area contributed by atoms with E-state index in [1.54, 1.807) is 19.1 Å². The second-order valence-electron chi connectivity index (χ2n) is 5.22. The Morgan fingerprint density at radius 2 is 2.11 bits per heavy atom. The summed E-state index contributed by atoms with van der Waals surface area (Å²) in [5.74, 6) is -0.785. The van der Waals surface area contributed by atoms with Gasteiger partial charge in [0, 0.05) is 11.9 Å². The molecular formula is C14H19BrFNO. The van der Waals surface area contributed by atoms with Gasteiger partial charge in [0.2, 0.25) is 0 Å². The average Bonchev–Trinajstić information content (AvgIpc) is 2.30. The average molecular weight is 316 g/mol. The Labute approximate surface area is 116 Å². The van der Waals surface area contributed by atoms with Crippen molar-refractivity contribution < 1.29 is 9.18 Å². The zero-order valence-corrected chi connectivity index (χ0v) is 12.6. The molecule has 0 aliphatic heterocycles. The van der Waals surface area contributed by atoms with Gasteiger partial charge in [-0.05, 0) is 30.4 Å². The summed E-state index contributed by atoms with van der Waals surface area (Å²) in [5.41, 5.74) is 0.603. The van der Waals surface area contributed by atoms with E-state index >= 15 is 0 Å². The van der Waals surface area contributed by atoms with E-state index in [1.807, 2.05) is 0 Å². The highest BCUT2D eigenvalue weighted by Gasteiger charge is 2.20. The van der Waals surface area contributed by atoms with Crippen LogP contribution in [0, 0.1) is 18.2 Å². The number of carbonyl (C=O) groups excluding carboxylic acids is 1. The molecule has 0 fully saturated rings. The van der Waals surface area contributed by atoms with Gasteiger partial charge in [-0.25, -0.2) is 4.39 Å². The maximum absolute atomic E-state index is 13.8. The van der Waals surface area contributed by atoms with Gasteiger partial charge in [-0.2, -0.15) is 0 Å². The number of hydrogen-bond acceptors (Lipinski definition) is 1. The van der Waals surface area contributed by atoms with Crippen molar-refractivity contribution in [2.24, 2.45) is 5.41 Å². The van der Waals surface area contributed by atoms with Crippen molar-refractivity contribution in [3.05, 3.63) is 35.1 Å². The number of rotatable bonds is 5. The standard InChI is InChI=1S/C14H19BrFNO/c1-10-5-4-6-11(12(10)16)13(18)17-9-14(2,3)7-8-15/h4-6H,7-9H2,1-3H3,(H,17,18). The second kappa shape index (κ2) is 6.32. The van der Waals surface area contributed by atoms with Crippen LogP contribution in [0.25, 0.3) is 0 Å². The number of halogens is 2. The number of amides is 1. The number of hydrogen-bond donors (Lipinski definition) is 1. The molecule has 0 aliphatic carbocycles. The van der Waals surface area contributed by atoms with E-state index in [0.29, 0.717) is 12.1 Å². The maximum Gasteiger partial charge on any atom is 0.254 e. The summed E-state index contributed by atoms with van der Waals surface area (Å²) in [4.78, 5) is 11.9. The van der Waals surface area contributed by atoms with E-state index in [-0.39, 0.29) is 16.9 Å². The Bertz CT molecular complexity index is 432. The smallest absolute Gasteiger partial charge is 0.254 e. The van der Waals surface area contributed by atoms with Crippen LogP contribution in [0.4, 0.5) is 4.39 Å². The van der Waals surface area contributed by atoms with Crippen LogP contribution in [0.5, 0.6) is 0 Å². The van der Waals surface area contributed by atoms with Crippen LogP contribution in [0.1, 0.15) is 36.2 Å². The molecule has 1 rings (SSSR count). The molecule has 1 N–H and O–H groups in total. The lowest BCUT2D eigenvalue weighted by molar-refractivity contribution is 0.0931. The van der Waals surface area contributed by atoms with Crippen molar-refractivity contribution in [3.8, 4) is 0 Å². The Morgan fingerprint density at radius 3 is 2.72 bits per heavy atom. The fourth-order valence-electron chi connectivity index (χ4n) is 1.58. The van der Waals surface area contributed by atoms with Crippen molar-refractivity contribution in [2.75, 3.05) is 11.9 Å². The van der Waals surface area contributed by atoms with Crippen LogP contribution in [-0.2, 0) is 0 Å². The highest BCUT2D eigenvalue weighted by molar-refractivity contribution is 9.09. The third-order valence-electron chi connectivity index (χ3n) is 2.94. The van der Waals surface area contributed by atoms with Crippen molar-refractivity contribution in [3.63, 3.8) is 0 Å². The van der Waals surface area contributed by atoms with Gasteiger partial charge in [-0.3, -0.25) is 4.79 Å². The summed E-state index contributed by atoms with van der Waals surface area (Å²) in [6, 6.07) is 4.85. The molecule has 0 unspecified atom stereocenters. The fraction of sp³-hybridized carbons (Fsp3) is 0.500. The molecule has 1 aromatic carbocycles. The molecular weight excluding hydrogens is 297 g/mol. The van der Waals surface area contributed by atoms with E-state index in [4.69, 9.17) is 0 Å². The van der Waals surface area contributed by atoms with E-state index in [2.05, 4.69) is 35.1 Å². The number of aryl methyl sites for hydroxylation is 1. The molecule has 0 aliphatic rings. The van der Waals surface area contributed by atoms with Crippen LogP contribution >= 0.6 is 15.9 Å². The van der Waals surface area contributed by atoms with Crippen molar-refractivity contribution in [2.45, 2.75) is 27.2 Å². The highest BCUT2D eigenvalue weighted by atomic mass is 79.9. The van der Waals surface area contributed by atoms with E-state index in [9.17, 15) is 9.18 Å². The molecule has 0 radical (unpaired) electrons. The zero-order chi connectivity index (χ0) is 13.8. The Hall–Kier alpha value is -0.900. The quantitative estimate of drug-likeness (QED) is 0.825. The van der Waals surface area contributed by atoms with Crippen molar-refractivity contribution in [1.82, 2.24) is 5.32 Å². The predicted octanol–water partition coefficient (Wildman–Crippen LogP) is 3.68. The topological polar surface area (TPSA) is 29.1 Å². The molecule has 100 valence electrons. The van der Waals surface area contributed by atoms with Crippen LogP contribution in [-0.4, -0.2) is 17.8 Å². The summed E-state index contributed by atoms with van der Waals surface area (Å²) >= 11 is 3.39. The van der Waals surface area contributed by atoms with Crippen LogP contribution < -0.4 is 5.32 Å². The van der Waals surface area contributed by atoms with Gasteiger partial charge in [-0.15, -0.1) is 0 Å². The van der Waals surface area contributed by atoms with Crippen LogP contribution in [0.2, 0.25) is 0 Å². The summed E-state index contributed by atoms with van der Waals surface area (Å²) < 4.78 is 13.8. The molecule has 0 saturated carbocycles. The van der Waals surface area contributed by atoms with Crippen LogP contribution in [0.15, 0.2) is 18.2 Å². The first-order valence-corrected chi connectivity index (χ1v) is 7.09.